The Labute approximate surface area is 128 Å². The number of carbonyl (C=O) groups excluding carboxylic acids is 1. The quantitative estimate of drug-likeness (QED) is 0.768. The zero-order valence-electron chi connectivity index (χ0n) is 13.2. The van der Waals surface area contributed by atoms with Crippen LogP contribution in [0.2, 0.25) is 0 Å². The molecule has 1 amide bonds. The van der Waals surface area contributed by atoms with Gasteiger partial charge in [-0.3, -0.25) is 4.79 Å². The molecule has 0 aliphatic carbocycles. The van der Waals surface area contributed by atoms with Crippen LogP contribution in [0.4, 0.5) is 0 Å². The summed E-state index contributed by atoms with van der Waals surface area (Å²) in [5.41, 5.74) is 0. The number of hydrogen-bond donors (Lipinski definition) is 2. The van der Waals surface area contributed by atoms with Crippen molar-refractivity contribution in [3.63, 3.8) is 0 Å². The zero-order valence-corrected chi connectivity index (χ0v) is 13.2. The van der Waals surface area contributed by atoms with E-state index in [1.807, 2.05) is 4.90 Å². The Morgan fingerprint density at radius 2 is 2.14 bits per heavy atom. The minimum Gasteiger partial charge on any atom is -0.394 e. The van der Waals surface area contributed by atoms with E-state index in [9.17, 15) is 4.79 Å². The van der Waals surface area contributed by atoms with Gasteiger partial charge in [-0.1, -0.05) is 6.92 Å². The van der Waals surface area contributed by atoms with Crippen molar-refractivity contribution in [2.24, 2.45) is 11.8 Å². The summed E-state index contributed by atoms with van der Waals surface area (Å²) in [6.07, 6.45) is 5.15. The number of rotatable bonds is 6. The van der Waals surface area contributed by atoms with Crippen molar-refractivity contribution < 1.29 is 14.6 Å². The summed E-state index contributed by atoms with van der Waals surface area (Å²) in [7, 11) is 0. The predicted molar refractivity (Wildman–Crippen MR) is 82.0 cm³/mol. The molecule has 0 aromatic heterocycles. The molecule has 5 heteroatoms. The lowest BCUT2D eigenvalue weighted by atomic mass is 9.85. The Hall–Kier alpha value is -0.650. The molecule has 21 heavy (non-hydrogen) atoms. The van der Waals surface area contributed by atoms with Crippen LogP contribution in [0.1, 0.15) is 39.0 Å². The third kappa shape index (κ3) is 5.24. The maximum Gasteiger partial charge on any atom is 0.222 e. The standard InChI is InChI=1S/C16H30N2O3/c1-13(14-3-2-6-17-12-14)11-16(20)18-7-4-15(5-8-18)21-10-9-19/h13-15,17,19H,2-12H2,1H3. The fourth-order valence-corrected chi connectivity index (χ4v) is 3.43. The van der Waals surface area contributed by atoms with Crippen LogP contribution in [0, 0.1) is 11.8 Å². The molecule has 2 atom stereocenters. The molecule has 0 bridgehead atoms. The highest BCUT2D eigenvalue weighted by Gasteiger charge is 2.27. The summed E-state index contributed by atoms with van der Waals surface area (Å²) in [5.74, 6) is 1.41. The number of carbonyl (C=O) groups is 1. The lowest BCUT2D eigenvalue weighted by molar-refractivity contribution is -0.135. The molecule has 2 aliphatic heterocycles. The third-order valence-electron chi connectivity index (χ3n) is 4.88. The number of likely N-dealkylation sites (tertiary alicyclic amines) is 1. The van der Waals surface area contributed by atoms with Crippen LogP contribution in [-0.2, 0) is 9.53 Å². The molecule has 0 spiro atoms. The van der Waals surface area contributed by atoms with Gasteiger partial charge in [0.25, 0.3) is 0 Å². The first-order valence-corrected chi connectivity index (χ1v) is 8.41. The number of piperidine rings is 2. The van der Waals surface area contributed by atoms with Gasteiger partial charge in [0.2, 0.25) is 5.91 Å². The number of aliphatic hydroxyl groups excluding tert-OH is 1. The molecule has 2 fully saturated rings. The summed E-state index contributed by atoms with van der Waals surface area (Å²) in [5, 5.41) is 12.2. The Bertz CT molecular complexity index is 311. The lowest BCUT2D eigenvalue weighted by Crippen LogP contribution is -2.42. The number of nitrogens with one attached hydrogen (secondary N) is 1. The van der Waals surface area contributed by atoms with Crippen LogP contribution in [0.25, 0.3) is 0 Å². The van der Waals surface area contributed by atoms with E-state index >= 15 is 0 Å². The summed E-state index contributed by atoms with van der Waals surface area (Å²) in [6.45, 7) is 6.47. The first kappa shape index (κ1) is 16.7. The van der Waals surface area contributed by atoms with Gasteiger partial charge in [0.05, 0.1) is 19.3 Å². The molecule has 0 saturated carbocycles. The van der Waals surface area contributed by atoms with Crippen molar-refractivity contribution in [2.75, 3.05) is 39.4 Å². The van der Waals surface area contributed by atoms with Gasteiger partial charge in [-0.15, -0.1) is 0 Å². The van der Waals surface area contributed by atoms with E-state index in [2.05, 4.69) is 12.2 Å². The Morgan fingerprint density at radius 1 is 1.38 bits per heavy atom. The van der Waals surface area contributed by atoms with Crippen LogP contribution < -0.4 is 5.32 Å². The van der Waals surface area contributed by atoms with Crippen LogP contribution in [-0.4, -0.2) is 61.4 Å². The minimum absolute atomic E-state index is 0.0755. The third-order valence-corrected chi connectivity index (χ3v) is 4.88. The Kier molecular flexibility index (Phi) is 6.93. The SMILES string of the molecule is CC(CC(=O)N1CCC(OCCO)CC1)C1CCCNC1. The highest BCUT2D eigenvalue weighted by molar-refractivity contribution is 5.76. The summed E-state index contributed by atoms with van der Waals surface area (Å²) < 4.78 is 5.54. The number of nitrogens with zero attached hydrogens (tertiary/aromatic N) is 1. The molecule has 2 rings (SSSR count). The van der Waals surface area contributed by atoms with Crippen molar-refractivity contribution in [1.82, 2.24) is 10.2 Å². The highest BCUT2D eigenvalue weighted by Crippen LogP contribution is 2.24. The van der Waals surface area contributed by atoms with Crippen molar-refractivity contribution in [1.29, 1.82) is 0 Å². The van der Waals surface area contributed by atoms with Crippen LogP contribution in [0.15, 0.2) is 0 Å². The molecule has 122 valence electrons. The summed E-state index contributed by atoms with van der Waals surface area (Å²) in [4.78, 5) is 14.4. The maximum absolute atomic E-state index is 12.4. The highest BCUT2D eigenvalue weighted by atomic mass is 16.5. The van der Waals surface area contributed by atoms with Crippen LogP contribution in [0.5, 0.6) is 0 Å². The normalized spacial score (nSPS) is 25.8. The average Bonchev–Trinajstić information content (AvgIpc) is 2.54. The van der Waals surface area contributed by atoms with Crippen LogP contribution >= 0.6 is 0 Å². The van der Waals surface area contributed by atoms with Crippen molar-refractivity contribution in [3.05, 3.63) is 0 Å². The van der Waals surface area contributed by atoms with Gasteiger partial charge in [0, 0.05) is 19.5 Å². The van der Waals surface area contributed by atoms with Gasteiger partial charge in [-0.25, -0.2) is 0 Å². The van der Waals surface area contributed by atoms with Gasteiger partial charge in [0.1, 0.15) is 0 Å². The van der Waals surface area contributed by atoms with Gasteiger partial charge in [-0.05, 0) is 50.6 Å². The van der Waals surface area contributed by atoms with Gasteiger partial charge in [-0.2, -0.15) is 0 Å². The Balaban J connectivity index is 1.69. The first-order valence-electron chi connectivity index (χ1n) is 8.41. The molecule has 2 saturated heterocycles. The average molecular weight is 298 g/mol. The second kappa shape index (κ2) is 8.71. The van der Waals surface area contributed by atoms with Gasteiger partial charge < -0.3 is 20.1 Å². The number of hydrogen-bond acceptors (Lipinski definition) is 4. The molecule has 2 N–H and O–H groups in total. The fraction of sp³-hybridized carbons (Fsp3) is 0.938. The van der Waals surface area contributed by atoms with E-state index in [1.165, 1.54) is 12.8 Å². The van der Waals surface area contributed by atoms with E-state index in [0.29, 0.717) is 30.8 Å². The maximum atomic E-state index is 12.4. The largest absolute Gasteiger partial charge is 0.394 e. The van der Waals surface area contributed by atoms with Crippen molar-refractivity contribution in [3.8, 4) is 0 Å². The summed E-state index contributed by atoms with van der Waals surface area (Å²) >= 11 is 0. The summed E-state index contributed by atoms with van der Waals surface area (Å²) in [6, 6.07) is 0. The number of aliphatic hydroxyl groups is 1. The number of ether oxygens (including phenoxy) is 1. The van der Waals surface area contributed by atoms with E-state index in [1.54, 1.807) is 0 Å². The predicted octanol–water partition coefficient (Wildman–Crippen LogP) is 1.01. The van der Waals surface area contributed by atoms with E-state index in [0.717, 1.165) is 39.0 Å². The molecular formula is C16H30N2O3. The van der Waals surface area contributed by atoms with Gasteiger partial charge >= 0.3 is 0 Å². The van der Waals surface area contributed by atoms with Crippen LogP contribution in [0.3, 0.4) is 0 Å². The van der Waals surface area contributed by atoms with Gasteiger partial charge in [0.15, 0.2) is 0 Å². The molecule has 2 heterocycles. The smallest absolute Gasteiger partial charge is 0.222 e. The molecule has 5 nitrogen and oxygen atoms in total. The Morgan fingerprint density at radius 3 is 2.76 bits per heavy atom. The van der Waals surface area contributed by atoms with E-state index in [4.69, 9.17) is 9.84 Å². The minimum atomic E-state index is 0.0755. The molecule has 2 aliphatic rings. The molecular weight excluding hydrogens is 268 g/mol. The monoisotopic (exact) mass is 298 g/mol. The number of amides is 1. The van der Waals surface area contributed by atoms with E-state index in [-0.39, 0.29) is 12.7 Å². The van der Waals surface area contributed by atoms with Crippen molar-refractivity contribution in [2.45, 2.75) is 45.1 Å². The second-order valence-electron chi connectivity index (χ2n) is 6.46. The first-order chi connectivity index (χ1) is 10.2. The van der Waals surface area contributed by atoms with E-state index < -0.39 is 0 Å². The molecule has 0 aromatic carbocycles. The molecule has 0 radical (unpaired) electrons. The molecule has 2 unspecified atom stereocenters. The second-order valence-corrected chi connectivity index (χ2v) is 6.46. The fourth-order valence-electron chi connectivity index (χ4n) is 3.43. The molecule has 0 aromatic rings. The lowest BCUT2D eigenvalue weighted by Gasteiger charge is -2.34. The zero-order chi connectivity index (χ0) is 15.1. The topological polar surface area (TPSA) is 61.8 Å². The van der Waals surface area contributed by atoms with Crippen molar-refractivity contribution >= 4 is 5.91 Å².